The maximum Gasteiger partial charge on any atom is 0.309 e. The normalized spacial score (nSPS) is 12.3. The molecule has 4 heteroatoms. The van der Waals surface area contributed by atoms with Gasteiger partial charge in [0.2, 0.25) is 0 Å². The Morgan fingerprint density at radius 1 is 0.739 bits per heavy atom. The number of carbonyl (C=O) groups is 2. The second-order valence-electron chi connectivity index (χ2n) is 6.78. The standard InChI is InChI=1S/C19H37NO3/c1-3-4-5-6-7-8-9-10-11-12-15-20(16-13-18(2)21)17-14-19(22)23/h3-17H2,1-2H3,(H,22,23)/p+1. The quantitative estimate of drug-likeness (QED) is 0.403. The van der Waals surface area contributed by atoms with E-state index in [1.165, 1.54) is 62.7 Å². The Kier molecular flexibility index (Phi) is 15.4. The number of ketones is 1. The van der Waals surface area contributed by atoms with E-state index in [4.69, 9.17) is 5.11 Å². The molecule has 0 bridgehead atoms. The average molecular weight is 329 g/mol. The van der Waals surface area contributed by atoms with Crippen LogP contribution < -0.4 is 4.90 Å². The second-order valence-corrected chi connectivity index (χ2v) is 6.78. The molecule has 1 unspecified atom stereocenters. The molecule has 0 rings (SSSR count). The lowest BCUT2D eigenvalue weighted by molar-refractivity contribution is -0.899. The van der Waals surface area contributed by atoms with Gasteiger partial charge >= 0.3 is 5.97 Å². The zero-order chi connectivity index (χ0) is 17.3. The summed E-state index contributed by atoms with van der Waals surface area (Å²) in [7, 11) is 0. The van der Waals surface area contributed by atoms with E-state index in [2.05, 4.69) is 6.92 Å². The summed E-state index contributed by atoms with van der Waals surface area (Å²) < 4.78 is 0. The van der Waals surface area contributed by atoms with Gasteiger partial charge in [-0.2, -0.15) is 0 Å². The molecule has 0 spiro atoms. The Bertz CT molecular complexity index is 287. The molecule has 0 saturated heterocycles. The highest BCUT2D eigenvalue weighted by Gasteiger charge is 2.11. The first-order valence-electron chi connectivity index (χ1n) is 9.61. The number of rotatable bonds is 17. The molecule has 0 aromatic heterocycles. The van der Waals surface area contributed by atoms with E-state index >= 15 is 0 Å². The lowest BCUT2D eigenvalue weighted by atomic mass is 10.1. The van der Waals surface area contributed by atoms with Gasteiger partial charge in [-0.15, -0.1) is 0 Å². The summed E-state index contributed by atoms with van der Waals surface area (Å²) in [5, 5.41) is 8.81. The van der Waals surface area contributed by atoms with Crippen LogP contribution in [0.5, 0.6) is 0 Å². The first-order valence-corrected chi connectivity index (χ1v) is 9.61. The van der Waals surface area contributed by atoms with Crippen LogP contribution in [-0.4, -0.2) is 36.5 Å². The molecule has 4 nitrogen and oxygen atoms in total. The number of nitrogens with one attached hydrogen (secondary N) is 1. The molecular formula is C19H38NO3+. The van der Waals surface area contributed by atoms with Crippen molar-refractivity contribution in [2.45, 2.75) is 90.9 Å². The predicted octanol–water partition coefficient (Wildman–Crippen LogP) is 3.25. The van der Waals surface area contributed by atoms with Gasteiger partial charge < -0.3 is 10.0 Å². The van der Waals surface area contributed by atoms with Crippen LogP contribution in [-0.2, 0) is 9.59 Å². The van der Waals surface area contributed by atoms with Crippen molar-refractivity contribution in [3.63, 3.8) is 0 Å². The average Bonchev–Trinajstić information content (AvgIpc) is 2.50. The van der Waals surface area contributed by atoms with Crippen molar-refractivity contribution in [1.29, 1.82) is 0 Å². The van der Waals surface area contributed by atoms with Gasteiger partial charge in [-0.05, 0) is 19.8 Å². The summed E-state index contributed by atoms with van der Waals surface area (Å²) in [5.74, 6) is -0.547. The minimum atomic E-state index is -0.742. The topological polar surface area (TPSA) is 58.8 Å². The van der Waals surface area contributed by atoms with Gasteiger partial charge in [0, 0.05) is 0 Å². The highest BCUT2D eigenvalue weighted by molar-refractivity contribution is 5.75. The number of aliphatic carboxylic acids is 1. The Morgan fingerprint density at radius 2 is 1.22 bits per heavy atom. The molecule has 0 aliphatic carbocycles. The molecule has 0 heterocycles. The number of carboxylic acids is 1. The van der Waals surface area contributed by atoms with Gasteiger partial charge in [0.05, 0.1) is 32.5 Å². The third-order valence-corrected chi connectivity index (χ3v) is 4.41. The van der Waals surface area contributed by atoms with Crippen LogP contribution in [0, 0.1) is 0 Å². The van der Waals surface area contributed by atoms with E-state index < -0.39 is 5.97 Å². The summed E-state index contributed by atoms with van der Waals surface area (Å²) in [5.41, 5.74) is 0. The number of quaternary nitrogens is 1. The fourth-order valence-corrected chi connectivity index (χ4v) is 2.87. The van der Waals surface area contributed by atoms with E-state index in [0.29, 0.717) is 13.0 Å². The van der Waals surface area contributed by atoms with Crippen LogP contribution in [0.1, 0.15) is 90.9 Å². The molecule has 0 aromatic rings. The minimum absolute atomic E-state index is 0.195. The van der Waals surface area contributed by atoms with E-state index in [-0.39, 0.29) is 12.2 Å². The Balaban J connectivity index is 3.60. The van der Waals surface area contributed by atoms with Crippen LogP contribution in [0.4, 0.5) is 0 Å². The number of carbonyl (C=O) groups excluding carboxylic acids is 1. The largest absolute Gasteiger partial charge is 0.481 e. The smallest absolute Gasteiger partial charge is 0.309 e. The minimum Gasteiger partial charge on any atom is -0.481 e. The third-order valence-electron chi connectivity index (χ3n) is 4.41. The number of Topliss-reactive ketones (excluding diaryl/α,β-unsaturated/α-hetero) is 1. The lowest BCUT2D eigenvalue weighted by Gasteiger charge is -2.18. The van der Waals surface area contributed by atoms with Gasteiger partial charge in [0.25, 0.3) is 0 Å². The molecule has 136 valence electrons. The summed E-state index contributed by atoms with van der Waals surface area (Å²) in [6.45, 7) is 6.27. The summed E-state index contributed by atoms with van der Waals surface area (Å²) in [6.07, 6.45) is 13.9. The molecule has 0 aliphatic heterocycles. The van der Waals surface area contributed by atoms with E-state index in [9.17, 15) is 9.59 Å². The summed E-state index contributed by atoms with van der Waals surface area (Å²) >= 11 is 0. The van der Waals surface area contributed by atoms with E-state index in [0.717, 1.165) is 19.5 Å². The Morgan fingerprint density at radius 3 is 1.70 bits per heavy atom. The van der Waals surface area contributed by atoms with Crippen LogP contribution in [0.25, 0.3) is 0 Å². The van der Waals surface area contributed by atoms with Gasteiger partial charge in [0.15, 0.2) is 0 Å². The predicted molar refractivity (Wildman–Crippen MR) is 95.0 cm³/mol. The SMILES string of the molecule is CCCCCCCCCCCC[NH+](CCC(C)=O)CCC(=O)O. The number of carboxylic acid groups (broad SMARTS) is 1. The van der Waals surface area contributed by atoms with Crippen molar-refractivity contribution in [1.82, 2.24) is 0 Å². The Hall–Kier alpha value is -0.900. The molecule has 1 atom stereocenters. The van der Waals surface area contributed by atoms with Crippen molar-refractivity contribution < 1.29 is 19.6 Å². The van der Waals surface area contributed by atoms with E-state index in [1.54, 1.807) is 6.92 Å². The molecule has 0 aromatic carbocycles. The highest BCUT2D eigenvalue weighted by Crippen LogP contribution is 2.09. The van der Waals surface area contributed by atoms with Crippen LogP contribution in [0.3, 0.4) is 0 Å². The fourth-order valence-electron chi connectivity index (χ4n) is 2.87. The highest BCUT2D eigenvalue weighted by atomic mass is 16.4. The molecular weight excluding hydrogens is 290 g/mol. The monoisotopic (exact) mass is 328 g/mol. The summed E-state index contributed by atoms with van der Waals surface area (Å²) in [6, 6.07) is 0. The lowest BCUT2D eigenvalue weighted by Crippen LogP contribution is -3.12. The number of hydrogen-bond acceptors (Lipinski definition) is 2. The molecule has 0 radical (unpaired) electrons. The fraction of sp³-hybridized carbons (Fsp3) is 0.895. The van der Waals surface area contributed by atoms with Crippen molar-refractivity contribution in [2.75, 3.05) is 19.6 Å². The Labute approximate surface area is 142 Å². The maximum absolute atomic E-state index is 11.1. The second kappa shape index (κ2) is 16.0. The number of unbranched alkanes of at least 4 members (excludes halogenated alkanes) is 9. The van der Waals surface area contributed by atoms with Crippen molar-refractivity contribution in [3.05, 3.63) is 0 Å². The van der Waals surface area contributed by atoms with E-state index in [1.807, 2.05) is 0 Å². The molecule has 23 heavy (non-hydrogen) atoms. The van der Waals surface area contributed by atoms with Crippen molar-refractivity contribution in [2.24, 2.45) is 0 Å². The van der Waals surface area contributed by atoms with Crippen LogP contribution >= 0.6 is 0 Å². The van der Waals surface area contributed by atoms with Gasteiger partial charge in [-0.3, -0.25) is 9.59 Å². The van der Waals surface area contributed by atoms with Gasteiger partial charge in [0.1, 0.15) is 5.78 Å². The summed E-state index contributed by atoms with van der Waals surface area (Å²) in [4.78, 5) is 23.1. The van der Waals surface area contributed by atoms with Crippen LogP contribution in [0.15, 0.2) is 0 Å². The molecule has 0 amide bonds. The number of hydrogen-bond donors (Lipinski definition) is 2. The van der Waals surface area contributed by atoms with Crippen LogP contribution in [0.2, 0.25) is 0 Å². The third kappa shape index (κ3) is 17.3. The van der Waals surface area contributed by atoms with Gasteiger partial charge in [-0.1, -0.05) is 58.3 Å². The molecule has 0 aliphatic rings. The maximum atomic E-state index is 11.1. The molecule has 2 N–H and O–H groups in total. The van der Waals surface area contributed by atoms with Crippen molar-refractivity contribution >= 4 is 11.8 Å². The first-order chi connectivity index (χ1) is 11.1. The zero-order valence-electron chi connectivity index (χ0n) is 15.4. The van der Waals surface area contributed by atoms with Crippen molar-refractivity contribution in [3.8, 4) is 0 Å². The zero-order valence-corrected chi connectivity index (χ0v) is 15.4. The molecule has 0 fully saturated rings. The molecule has 0 saturated carbocycles. The van der Waals surface area contributed by atoms with Gasteiger partial charge in [-0.25, -0.2) is 0 Å². The first kappa shape index (κ1) is 22.1.